The van der Waals surface area contributed by atoms with E-state index in [2.05, 4.69) is 10.9 Å². The summed E-state index contributed by atoms with van der Waals surface area (Å²) in [5.74, 6) is -5.22. The second-order valence-corrected chi connectivity index (χ2v) is 11.0. The van der Waals surface area contributed by atoms with Crippen molar-refractivity contribution in [3.8, 4) is 0 Å². The molecule has 9 nitrogen and oxygen atoms in total. The zero-order valence-corrected chi connectivity index (χ0v) is 22.6. The van der Waals surface area contributed by atoms with Gasteiger partial charge in [0.2, 0.25) is 11.8 Å². The summed E-state index contributed by atoms with van der Waals surface area (Å²) in [5, 5.41) is 0. The highest BCUT2D eigenvalue weighted by Crippen LogP contribution is 2.61. The summed E-state index contributed by atoms with van der Waals surface area (Å²) < 4.78 is 5.27. The standard InChI is InChI=1S/C32H29N3O6/c1-17(2)28(32(40)41-16-23(36)33-34-29(37)18-10-4-3-5-11-18)35-30(38)26-24-19-12-6-7-13-20(19)25(27(26)31(35)39)22-15-9-8-14-21(22)24/h3-15,17,24-28H,16H2,1-2H3,(H,33,36)(H,34,37)/t24?,25?,26-,27+,28-/m0/s1. The van der Waals surface area contributed by atoms with E-state index in [-0.39, 0.29) is 11.8 Å². The Hall–Kier alpha value is -4.79. The predicted molar refractivity (Wildman–Crippen MR) is 147 cm³/mol. The zero-order valence-electron chi connectivity index (χ0n) is 22.6. The Bertz CT molecular complexity index is 1450. The number of hydrogen-bond donors (Lipinski definition) is 2. The van der Waals surface area contributed by atoms with Gasteiger partial charge in [-0.25, -0.2) is 4.79 Å². The molecule has 0 unspecified atom stereocenters. The van der Waals surface area contributed by atoms with E-state index in [0.29, 0.717) is 5.56 Å². The Morgan fingerprint density at radius 3 is 1.66 bits per heavy atom. The predicted octanol–water partition coefficient (Wildman–Crippen LogP) is 2.91. The molecule has 9 heteroatoms. The van der Waals surface area contributed by atoms with E-state index in [4.69, 9.17) is 4.74 Å². The fraction of sp³-hybridized carbons (Fsp3) is 0.281. The van der Waals surface area contributed by atoms with Crippen molar-refractivity contribution < 1.29 is 28.7 Å². The summed E-state index contributed by atoms with van der Waals surface area (Å²) >= 11 is 0. The van der Waals surface area contributed by atoms with E-state index >= 15 is 0 Å². The highest BCUT2D eigenvalue weighted by Gasteiger charge is 2.63. The lowest BCUT2D eigenvalue weighted by molar-refractivity contribution is -0.162. The van der Waals surface area contributed by atoms with Crippen molar-refractivity contribution in [1.29, 1.82) is 0 Å². The Kier molecular flexibility index (Phi) is 6.65. The number of likely N-dealkylation sites (tertiary alicyclic amines) is 1. The van der Waals surface area contributed by atoms with Gasteiger partial charge in [-0.2, -0.15) is 0 Å². The Morgan fingerprint density at radius 1 is 0.732 bits per heavy atom. The van der Waals surface area contributed by atoms with Crippen molar-refractivity contribution in [1.82, 2.24) is 15.8 Å². The number of hydrazine groups is 1. The molecule has 41 heavy (non-hydrogen) atoms. The van der Waals surface area contributed by atoms with Gasteiger partial charge in [-0.15, -0.1) is 0 Å². The molecule has 2 bridgehead atoms. The van der Waals surface area contributed by atoms with Gasteiger partial charge in [0.05, 0.1) is 11.8 Å². The first kappa shape index (κ1) is 26.4. The van der Waals surface area contributed by atoms with Crippen LogP contribution in [0.15, 0.2) is 78.9 Å². The molecule has 3 aromatic rings. The van der Waals surface area contributed by atoms with Gasteiger partial charge in [0.25, 0.3) is 11.8 Å². The topological polar surface area (TPSA) is 122 Å². The number of nitrogens with zero attached hydrogens (tertiary/aromatic N) is 1. The molecule has 3 aliphatic carbocycles. The molecule has 4 aliphatic rings. The highest BCUT2D eigenvalue weighted by atomic mass is 16.5. The Morgan fingerprint density at radius 2 is 1.20 bits per heavy atom. The van der Waals surface area contributed by atoms with Crippen LogP contribution in [-0.2, 0) is 23.9 Å². The van der Waals surface area contributed by atoms with Gasteiger partial charge in [0.1, 0.15) is 6.04 Å². The average Bonchev–Trinajstić information content (AvgIpc) is 3.25. The van der Waals surface area contributed by atoms with Crippen LogP contribution >= 0.6 is 0 Å². The van der Waals surface area contributed by atoms with E-state index in [9.17, 15) is 24.0 Å². The highest BCUT2D eigenvalue weighted by molar-refractivity contribution is 6.10. The van der Waals surface area contributed by atoms with Crippen LogP contribution < -0.4 is 10.9 Å². The van der Waals surface area contributed by atoms with Gasteiger partial charge in [-0.3, -0.25) is 34.9 Å². The molecule has 0 spiro atoms. The van der Waals surface area contributed by atoms with Gasteiger partial charge >= 0.3 is 5.97 Å². The number of esters is 1. The zero-order chi connectivity index (χ0) is 28.8. The van der Waals surface area contributed by atoms with Gasteiger partial charge in [-0.05, 0) is 40.3 Å². The lowest BCUT2D eigenvalue weighted by Crippen LogP contribution is -2.50. The fourth-order valence-electron chi connectivity index (χ4n) is 6.70. The first-order valence-corrected chi connectivity index (χ1v) is 13.6. The van der Waals surface area contributed by atoms with Crippen LogP contribution in [0.2, 0.25) is 0 Å². The first-order chi connectivity index (χ1) is 19.8. The molecule has 4 amide bonds. The van der Waals surface area contributed by atoms with Crippen molar-refractivity contribution in [2.45, 2.75) is 31.7 Å². The largest absolute Gasteiger partial charge is 0.454 e. The SMILES string of the molecule is CC(C)[C@@H](C(=O)OCC(=O)NNC(=O)c1ccccc1)N1C(=O)[C@@H]2C3c4ccccc4C(c4ccccc43)[C@@H]2C1=O. The van der Waals surface area contributed by atoms with Crippen LogP contribution in [0.4, 0.5) is 0 Å². The number of nitrogens with one attached hydrogen (secondary N) is 2. The number of rotatable bonds is 6. The molecule has 1 heterocycles. The number of hydrogen-bond acceptors (Lipinski definition) is 6. The van der Waals surface area contributed by atoms with Gasteiger partial charge in [-0.1, -0.05) is 80.6 Å². The van der Waals surface area contributed by atoms with Crippen molar-refractivity contribution in [3.05, 3.63) is 107 Å². The van der Waals surface area contributed by atoms with Gasteiger partial charge in [0.15, 0.2) is 6.61 Å². The smallest absolute Gasteiger partial charge is 0.330 e. The number of ether oxygens (including phenoxy) is 1. The van der Waals surface area contributed by atoms with E-state index in [1.165, 1.54) is 0 Å². The van der Waals surface area contributed by atoms with Crippen LogP contribution in [0.25, 0.3) is 0 Å². The maximum absolute atomic E-state index is 14.0. The second kappa shape index (κ2) is 10.3. The van der Waals surface area contributed by atoms with Crippen LogP contribution in [0, 0.1) is 17.8 Å². The molecule has 1 fully saturated rings. The second-order valence-electron chi connectivity index (χ2n) is 11.0. The van der Waals surface area contributed by atoms with Crippen LogP contribution in [-0.4, -0.2) is 47.1 Å². The molecule has 2 N–H and O–H groups in total. The third-order valence-corrected chi connectivity index (χ3v) is 8.33. The summed E-state index contributed by atoms with van der Waals surface area (Å²) in [4.78, 5) is 66.9. The minimum absolute atomic E-state index is 0.290. The van der Waals surface area contributed by atoms with E-state index in [1.807, 2.05) is 48.5 Å². The molecule has 0 radical (unpaired) electrons. The summed E-state index contributed by atoms with van der Waals surface area (Å²) in [6.45, 7) is 2.77. The lowest BCUT2D eigenvalue weighted by Gasteiger charge is -2.45. The summed E-state index contributed by atoms with van der Waals surface area (Å²) in [6, 6.07) is 22.9. The lowest BCUT2D eigenvalue weighted by atomic mass is 9.55. The maximum atomic E-state index is 14.0. The summed E-state index contributed by atoms with van der Waals surface area (Å²) in [5.41, 5.74) is 8.98. The van der Waals surface area contributed by atoms with Crippen molar-refractivity contribution in [2.75, 3.05) is 6.61 Å². The Balaban J connectivity index is 1.20. The van der Waals surface area contributed by atoms with E-state index in [0.717, 1.165) is 27.2 Å². The van der Waals surface area contributed by atoms with Crippen LogP contribution in [0.5, 0.6) is 0 Å². The first-order valence-electron chi connectivity index (χ1n) is 13.6. The quantitative estimate of drug-likeness (QED) is 0.276. The maximum Gasteiger partial charge on any atom is 0.330 e. The normalized spacial score (nSPS) is 22.5. The minimum atomic E-state index is -1.20. The third-order valence-electron chi connectivity index (χ3n) is 8.33. The molecular weight excluding hydrogens is 522 g/mol. The fourth-order valence-corrected chi connectivity index (χ4v) is 6.70. The molecule has 1 aliphatic heterocycles. The number of imide groups is 1. The van der Waals surface area contributed by atoms with Crippen molar-refractivity contribution in [2.24, 2.45) is 17.8 Å². The van der Waals surface area contributed by atoms with Crippen molar-refractivity contribution in [3.63, 3.8) is 0 Å². The summed E-state index contributed by atoms with van der Waals surface area (Å²) in [7, 11) is 0. The number of amides is 4. The minimum Gasteiger partial charge on any atom is -0.454 e. The van der Waals surface area contributed by atoms with Crippen LogP contribution in [0.3, 0.4) is 0 Å². The third kappa shape index (κ3) is 4.28. The average molecular weight is 552 g/mol. The van der Waals surface area contributed by atoms with Crippen LogP contribution in [0.1, 0.15) is 58.3 Å². The molecule has 0 saturated carbocycles. The molecule has 0 aromatic heterocycles. The van der Waals surface area contributed by atoms with E-state index in [1.54, 1.807) is 44.2 Å². The number of carbonyl (C=O) groups excluding carboxylic acids is 5. The van der Waals surface area contributed by atoms with Gasteiger partial charge < -0.3 is 4.74 Å². The molecule has 208 valence electrons. The Labute approximate surface area is 236 Å². The molecular formula is C32H29N3O6. The molecule has 1 saturated heterocycles. The summed E-state index contributed by atoms with van der Waals surface area (Å²) in [6.07, 6.45) is 0. The van der Waals surface area contributed by atoms with E-state index < -0.39 is 60.0 Å². The van der Waals surface area contributed by atoms with Crippen molar-refractivity contribution >= 4 is 29.6 Å². The number of carbonyl (C=O) groups is 5. The number of benzene rings is 3. The molecule has 7 rings (SSSR count). The molecule has 3 atom stereocenters. The monoisotopic (exact) mass is 551 g/mol. The van der Waals surface area contributed by atoms with Gasteiger partial charge in [0, 0.05) is 17.4 Å². The molecule has 3 aromatic carbocycles.